The molecule has 142 valence electrons. The highest BCUT2D eigenvalue weighted by Crippen LogP contribution is 2.28. The largest absolute Gasteiger partial charge is 0.324 e. The van der Waals surface area contributed by atoms with Gasteiger partial charge in [-0.1, -0.05) is 36.4 Å². The minimum Gasteiger partial charge on any atom is -0.324 e. The summed E-state index contributed by atoms with van der Waals surface area (Å²) in [6.07, 6.45) is 1.34. The molecule has 0 radical (unpaired) electrons. The molecule has 4 rings (SSSR count). The minimum absolute atomic E-state index is 0.246. The summed E-state index contributed by atoms with van der Waals surface area (Å²) in [6, 6.07) is 14.8. The van der Waals surface area contributed by atoms with Crippen molar-refractivity contribution in [2.45, 2.75) is 6.92 Å². The number of benzene rings is 2. The number of nitrogens with zero attached hydrogens (tertiary/aromatic N) is 4. The Morgan fingerprint density at radius 1 is 1.21 bits per heavy atom. The number of carbonyl (C=O) groups is 2. The average Bonchev–Trinajstić information content (AvgIpc) is 3.38. The van der Waals surface area contributed by atoms with E-state index in [0.29, 0.717) is 22.2 Å². The Balaban J connectivity index is 1.61. The van der Waals surface area contributed by atoms with Crippen LogP contribution in [-0.2, 0) is 4.79 Å². The molecular formula is C20H14N6O2S. The van der Waals surface area contributed by atoms with Crippen LogP contribution < -0.4 is 5.32 Å². The van der Waals surface area contributed by atoms with Crippen molar-refractivity contribution in [1.29, 1.82) is 5.26 Å². The summed E-state index contributed by atoms with van der Waals surface area (Å²) in [7, 11) is 0. The molecule has 0 fully saturated rings. The molecule has 2 aromatic heterocycles. The second kappa shape index (κ2) is 7.61. The lowest BCUT2D eigenvalue weighted by molar-refractivity contribution is -0.117. The van der Waals surface area contributed by atoms with Crippen molar-refractivity contribution in [2.75, 3.05) is 5.32 Å². The molecule has 0 aliphatic carbocycles. The maximum atomic E-state index is 12.9. The van der Waals surface area contributed by atoms with Gasteiger partial charge >= 0.3 is 0 Å². The van der Waals surface area contributed by atoms with E-state index in [0.717, 1.165) is 22.1 Å². The average molecular weight is 402 g/mol. The Labute approximate surface area is 169 Å². The van der Waals surface area contributed by atoms with Gasteiger partial charge in [0, 0.05) is 11.1 Å². The van der Waals surface area contributed by atoms with Crippen LogP contribution in [0, 0.1) is 24.2 Å². The zero-order valence-corrected chi connectivity index (χ0v) is 16.0. The number of aryl methyl sites for hydroxylation is 1. The van der Waals surface area contributed by atoms with Crippen molar-refractivity contribution in [2.24, 2.45) is 5.92 Å². The van der Waals surface area contributed by atoms with Crippen LogP contribution in [0.15, 0.2) is 48.8 Å². The van der Waals surface area contributed by atoms with Crippen LogP contribution >= 0.6 is 11.3 Å². The predicted octanol–water partition coefficient (Wildman–Crippen LogP) is 3.35. The lowest BCUT2D eigenvalue weighted by Gasteiger charge is -2.11. The van der Waals surface area contributed by atoms with E-state index in [2.05, 4.69) is 25.5 Å². The third kappa shape index (κ3) is 3.49. The van der Waals surface area contributed by atoms with E-state index in [9.17, 15) is 14.9 Å². The maximum Gasteiger partial charge on any atom is 0.249 e. The Hall–Kier alpha value is -3.90. The van der Waals surface area contributed by atoms with Crippen LogP contribution in [0.2, 0.25) is 0 Å². The number of aromatic amines is 1. The van der Waals surface area contributed by atoms with Crippen LogP contribution in [0.5, 0.6) is 0 Å². The van der Waals surface area contributed by atoms with Gasteiger partial charge in [-0.2, -0.15) is 10.4 Å². The van der Waals surface area contributed by atoms with E-state index in [1.165, 1.54) is 6.33 Å². The van der Waals surface area contributed by atoms with Crippen LogP contribution in [0.1, 0.15) is 15.4 Å². The SMILES string of the molecule is Cc1nc(-c2ncn[nH]2)sc1C(=O)C(C#N)C(=O)Nc1cccc2ccccc12. The Morgan fingerprint density at radius 2 is 2.00 bits per heavy atom. The van der Waals surface area contributed by atoms with E-state index in [1.54, 1.807) is 19.1 Å². The molecule has 2 aromatic carbocycles. The number of amides is 1. The van der Waals surface area contributed by atoms with E-state index in [1.807, 2.05) is 36.4 Å². The van der Waals surface area contributed by atoms with E-state index in [-0.39, 0.29) is 4.88 Å². The highest BCUT2D eigenvalue weighted by Gasteiger charge is 2.31. The molecule has 0 spiro atoms. The van der Waals surface area contributed by atoms with Crippen molar-refractivity contribution in [1.82, 2.24) is 20.2 Å². The van der Waals surface area contributed by atoms with Crippen molar-refractivity contribution in [3.8, 4) is 16.9 Å². The van der Waals surface area contributed by atoms with Gasteiger partial charge in [0.05, 0.1) is 16.6 Å². The van der Waals surface area contributed by atoms with Gasteiger partial charge in [0.2, 0.25) is 11.7 Å². The van der Waals surface area contributed by atoms with E-state index in [4.69, 9.17) is 0 Å². The van der Waals surface area contributed by atoms with Gasteiger partial charge in [-0.15, -0.1) is 11.3 Å². The number of Topliss-reactive ketones (excluding diaryl/α,β-unsaturated/α-hetero) is 1. The third-order valence-corrected chi connectivity index (χ3v) is 5.52. The maximum absolute atomic E-state index is 12.9. The smallest absolute Gasteiger partial charge is 0.249 e. The number of carbonyl (C=O) groups excluding carboxylic acids is 2. The Bertz CT molecular complexity index is 1250. The molecular weight excluding hydrogens is 388 g/mol. The predicted molar refractivity (Wildman–Crippen MR) is 108 cm³/mol. The summed E-state index contributed by atoms with van der Waals surface area (Å²) >= 11 is 1.07. The topological polar surface area (TPSA) is 124 Å². The lowest BCUT2D eigenvalue weighted by Crippen LogP contribution is -2.28. The fourth-order valence-corrected chi connectivity index (χ4v) is 3.92. The molecule has 0 aliphatic rings. The summed E-state index contributed by atoms with van der Waals surface area (Å²) < 4.78 is 0. The Morgan fingerprint density at radius 3 is 2.76 bits per heavy atom. The standard InChI is InChI=1S/C20H14N6O2S/c1-11-17(29-20(24-11)18-22-10-23-26-18)16(27)14(9-21)19(28)25-15-8-4-6-12-5-2-3-7-13(12)15/h2-8,10,14H,1H3,(H,25,28)(H,22,23,26). The number of ketones is 1. The van der Waals surface area contributed by atoms with Crippen molar-refractivity contribution < 1.29 is 9.59 Å². The fraction of sp³-hybridized carbons (Fsp3) is 0.100. The second-order valence-corrected chi connectivity index (χ2v) is 7.21. The van der Waals surface area contributed by atoms with Gasteiger partial charge < -0.3 is 5.32 Å². The number of rotatable bonds is 5. The Kier molecular flexibility index (Phi) is 4.85. The van der Waals surface area contributed by atoms with Crippen molar-refractivity contribution >= 4 is 39.5 Å². The number of nitriles is 1. The monoisotopic (exact) mass is 402 g/mol. The molecule has 0 aliphatic heterocycles. The summed E-state index contributed by atoms with van der Waals surface area (Å²) in [4.78, 5) is 34.2. The second-order valence-electron chi connectivity index (χ2n) is 6.21. The molecule has 4 aromatic rings. The van der Waals surface area contributed by atoms with Gasteiger partial charge in [0.25, 0.3) is 0 Å². The highest BCUT2D eigenvalue weighted by molar-refractivity contribution is 7.17. The molecule has 1 atom stereocenters. The number of hydrogen-bond donors (Lipinski definition) is 2. The number of aromatic nitrogens is 4. The first-order chi connectivity index (χ1) is 14.1. The van der Waals surface area contributed by atoms with E-state index >= 15 is 0 Å². The first-order valence-corrected chi connectivity index (χ1v) is 9.45. The zero-order chi connectivity index (χ0) is 20.4. The summed E-state index contributed by atoms with van der Waals surface area (Å²) in [5.74, 6) is -2.34. The lowest BCUT2D eigenvalue weighted by atomic mass is 10.0. The minimum atomic E-state index is -1.49. The number of nitrogens with one attached hydrogen (secondary N) is 2. The normalized spacial score (nSPS) is 11.7. The number of anilines is 1. The van der Waals surface area contributed by atoms with Gasteiger partial charge in [0.15, 0.2) is 16.7 Å². The number of fused-ring (bicyclic) bond motifs is 1. The molecule has 0 bridgehead atoms. The summed E-state index contributed by atoms with van der Waals surface area (Å²) in [6.45, 7) is 1.65. The first-order valence-electron chi connectivity index (χ1n) is 8.64. The molecule has 1 amide bonds. The molecule has 0 saturated heterocycles. The molecule has 29 heavy (non-hydrogen) atoms. The van der Waals surface area contributed by atoms with Crippen LogP contribution in [0.3, 0.4) is 0 Å². The zero-order valence-electron chi connectivity index (χ0n) is 15.2. The number of H-pyrrole nitrogens is 1. The van der Waals surface area contributed by atoms with E-state index < -0.39 is 17.6 Å². The molecule has 2 heterocycles. The summed E-state index contributed by atoms with van der Waals surface area (Å²) in [5.41, 5.74) is 0.981. The van der Waals surface area contributed by atoms with Crippen LogP contribution in [0.25, 0.3) is 21.6 Å². The highest BCUT2D eigenvalue weighted by atomic mass is 32.1. The van der Waals surface area contributed by atoms with Crippen molar-refractivity contribution in [3.63, 3.8) is 0 Å². The van der Waals surface area contributed by atoms with Gasteiger partial charge in [-0.25, -0.2) is 9.97 Å². The van der Waals surface area contributed by atoms with Gasteiger partial charge in [0.1, 0.15) is 6.33 Å². The van der Waals surface area contributed by atoms with Crippen LogP contribution in [0.4, 0.5) is 5.69 Å². The van der Waals surface area contributed by atoms with Crippen molar-refractivity contribution in [3.05, 3.63) is 59.4 Å². The molecule has 9 heteroatoms. The van der Waals surface area contributed by atoms with Gasteiger partial charge in [-0.3, -0.25) is 14.7 Å². The molecule has 8 nitrogen and oxygen atoms in total. The van der Waals surface area contributed by atoms with Gasteiger partial charge in [-0.05, 0) is 18.4 Å². The molecule has 2 N–H and O–H groups in total. The first kappa shape index (κ1) is 18.5. The molecule has 1 unspecified atom stereocenters. The summed E-state index contributed by atoms with van der Waals surface area (Å²) in [5, 5.41) is 20.9. The fourth-order valence-electron chi connectivity index (χ4n) is 2.94. The third-order valence-electron chi connectivity index (χ3n) is 4.34. The quantitative estimate of drug-likeness (QED) is 0.390. The number of hydrogen-bond acceptors (Lipinski definition) is 7. The molecule has 0 saturated carbocycles. The number of thiazole rings is 1. The van der Waals surface area contributed by atoms with Crippen LogP contribution in [-0.4, -0.2) is 31.9 Å².